The Labute approximate surface area is 80.8 Å². The molecule has 0 fully saturated rings. The molecular weight excluding hydrogens is 246 g/mol. The van der Waals surface area contributed by atoms with Crippen LogP contribution in [-0.4, -0.2) is 10.2 Å². The van der Waals surface area contributed by atoms with E-state index in [0.717, 1.165) is 0 Å². The second-order valence-electron chi connectivity index (χ2n) is 2.32. The van der Waals surface area contributed by atoms with Gasteiger partial charge >= 0.3 is 0 Å². The number of H-pyrrole nitrogens is 1. The van der Waals surface area contributed by atoms with Gasteiger partial charge in [0.05, 0.1) is 9.99 Å². The van der Waals surface area contributed by atoms with Crippen LogP contribution in [0.1, 0.15) is 0 Å². The van der Waals surface area contributed by atoms with Crippen LogP contribution in [0.15, 0.2) is 16.6 Å². The number of fused-ring (bicyclic) bond motifs is 1. The third-order valence-corrected chi connectivity index (χ3v) is 2.45. The van der Waals surface area contributed by atoms with E-state index in [2.05, 4.69) is 26.1 Å². The highest BCUT2D eigenvalue weighted by atomic mass is 79.9. The van der Waals surface area contributed by atoms with E-state index in [1.54, 1.807) is 6.07 Å². The lowest BCUT2D eigenvalue weighted by molar-refractivity contribution is 0.623. The van der Waals surface area contributed by atoms with E-state index in [1.807, 2.05) is 0 Å². The van der Waals surface area contributed by atoms with Crippen LogP contribution in [0.25, 0.3) is 10.9 Å². The first kappa shape index (κ1) is 8.01. The normalized spacial score (nSPS) is 10.9. The monoisotopic (exact) mass is 248 g/mol. The maximum Gasteiger partial charge on any atom is 0.139 e. The Balaban J connectivity index is 2.87. The standard InChI is InChI=1S/C7H3BrClFN2/c8-4-1-3-6(2-5(4)10)11-12-7(3)9/h1-2H,(H,11,12). The summed E-state index contributed by atoms with van der Waals surface area (Å²) in [4.78, 5) is 0. The fourth-order valence-electron chi connectivity index (χ4n) is 0.974. The number of aromatic nitrogens is 2. The molecule has 1 aromatic carbocycles. The van der Waals surface area contributed by atoms with Gasteiger partial charge in [-0.25, -0.2) is 4.39 Å². The van der Waals surface area contributed by atoms with E-state index in [9.17, 15) is 4.39 Å². The Morgan fingerprint density at radius 3 is 3.00 bits per heavy atom. The molecule has 0 aliphatic rings. The lowest BCUT2D eigenvalue weighted by atomic mass is 10.2. The maximum atomic E-state index is 12.9. The third kappa shape index (κ3) is 1.11. The zero-order valence-electron chi connectivity index (χ0n) is 5.74. The quantitative estimate of drug-likeness (QED) is 0.763. The van der Waals surface area contributed by atoms with Crippen LogP contribution < -0.4 is 0 Å². The molecule has 0 bridgehead atoms. The number of halogens is 3. The van der Waals surface area contributed by atoms with Crippen molar-refractivity contribution in [1.82, 2.24) is 10.2 Å². The molecule has 0 aliphatic heterocycles. The molecule has 5 heteroatoms. The van der Waals surface area contributed by atoms with Crippen molar-refractivity contribution in [2.45, 2.75) is 0 Å². The molecule has 0 spiro atoms. The predicted molar refractivity (Wildman–Crippen MR) is 48.8 cm³/mol. The summed E-state index contributed by atoms with van der Waals surface area (Å²) in [5, 5.41) is 7.50. The molecule has 12 heavy (non-hydrogen) atoms. The second-order valence-corrected chi connectivity index (χ2v) is 3.55. The van der Waals surface area contributed by atoms with Gasteiger partial charge in [-0.3, -0.25) is 5.10 Å². The van der Waals surface area contributed by atoms with Crippen LogP contribution >= 0.6 is 27.5 Å². The molecule has 0 saturated heterocycles. The number of aromatic amines is 1. The molecule has 1 aromatic heterocycles. The minimum absolute atomic E-state index is 0.342. The molecule has 0 atom stereocenters. The van der Waals surface area contributed by atoms with Crippen molar-refractivity contribution in [2.24, 2.45) is 0 Å². The van der Waals surface area contributed by atoms with Gasteiger partial charge in [-0.05, 0) is 22.0 Å². The minimum atomic E-state index is -0.342. The van der Waals surface area contributed by atoms with E-state index in [-0.39, 0.29) is 5.82 Å². The summed E-state index contributed by atoms with van der Waals surface area (Å²) in [6.07, 6.45) is 0. The smallest absolute Gasteiger partial charge is 0.139 e. The van der Waals surface area contributed by atoms with Crippen LogP contribution in [0.4, 0.5) is 4.39 Å². The Morgan fingerprint density at radius 2 is 2.25 bits per heavy atom. The molecule has 62 valence electrons. The second kappa shape index (κ2) is 2.71. The van der Waals surface area contributed by atoms with Crippen molar-refractivity contribution in [3.63, 3.8) is 0 Å². The van der Waals surface area contributed by atoms with Gasteiger partial charge < -0.3 is 0 Å². The van der Waals surface area contributed by atoms with Crippen LogP contribution in [-0.2, 0) is 0 Å². The average molecular weight is 249 g/mol. The van der Waals surface area contributed by atoms with Crippen LogP contribution in [0.3, 0.4) is 0 Å². The topological polar surface area (TPSA) is 28.7 Å². The van der Waals surface area contributed by atoms with Crippen molar-refractivity contribution in [2.75, 3.05) is 0 Å². The Hall–Kier alpha value is -0.610. The van der Waals surface area contributed by atoms with Crippen molar-refractivity contribution >= 4 is 38.4 Å². The van der Waals surface area contributed by atoms with Crippen LogP contribution in [0.5, 0.6) is 0 Å². The number of hydrogen-bond donors (Lipinski definition) is 1. The van der Waals surface area contributed by atoms with Crippen molar-refractivity contribution in [1.29, 1.82) is 0 Å². The lowest BCUT2D eigenvalue weighted by Crippen LogP contribution is -1.76. The molecule has 2 rings (SSSR count). The summed E-state index contributed by atoms with van der Waals surface area (Å²) in [6, 6.07) is 2.91. The van der Waals surface area contributed by atoms with E-state index in [1.165, 1.54) is 6.07 Å². The SMILES string of the molecule is Fc1cc2n[nH]c(Cl)c2cc1Br. The summed E-state index contributed by atoms with van der Waals surface area (Å²) >= 11 is 8.80. The van der Waals surface area contributed by atoms with Crippen LogP contribution in [0.2, 0.25) is 5.15 Å². The predicted octanol–water partition coefficient (Wildman–Crippen LogP) is 3.12. The minimum Gasteiger partial charge on any atom is -0.266 e. The molecule has 2 nitrogen and oxygen atoms in total. The molecular formula is C7H3BrClFN2. The average Bonchev–Trinajstić information content (AvgIpc) is 2.35. The third-order valence-electron chi connectivity index (χ3n) is 1.55. The zero-order valence-corrected chi connectivity index (χ0v) is 8.08. The summed E-state index contributed by atoms with van der Waals surface area (Å²) < 4.78 is 13.3. The summed E-state index contributed by atoms with van der Waals surface area (Å²) in [5.41, 5.74) is 0.528. The first-order chi connectivity index (χ1) is 5.68. The van der Waals surface area contributed by atoms with Crippen molar-refractivity contribution in [3.8, 4) is 0 Å². The Morgan fingerprint density at radius 1 is 1.50 bits per heavy atom. The highest BCUT2D eigenvalue weighted by Gasteiger charge is 2.06. The summed E-state index contributed by atoms with van der Waals surface area (Å²) in [5.74, 6) is -0.342. The molecule has 0 saturated carbocycles. The van der Waals surface area contributed by atoms with Crippen LogP contribution in [0, 0.1) is 5.82 Å². The molecule has 0 unspecified atom stereocenters. The maximum absolute atomic E-state index is 12.9. The van der Waals surface area contributed by atoms with Gasteiger partial charge in [0.1, 0.15) is 11.0 Å². The van der Waals surface area contributed by atoms with Gasteiger partial charge in [0.15, 0.2) is 0 Å². The first-order valence-electron chi connectivity index (χ1n) is 3.17. The van der Waals surface area contributed by atoms with Gasteiger partial charge in [0, 0.05) is 11.5 Å². The first-order valence-corrected chi connectivity index (χ1v) is 4.34. The number of benzene rings is 1. The highest BCUT2D eigenvalue weighted by Crippen LogP contribution is 2.26. The van der Waals surface area contributed by atoms with E-state index >= 15 is 0 Å². The van der Waals surface area contributed by atoms with Crippen molar-refractivity contribution < 1.29 is 4.39 Å². The van der Waals surface area contributed by atoms with Gasteiger partial charge in [-0.2, -0.15) is 5.10 Å². The fraction of sp³-hybridized carbons (Fsp3) is 0. The lowest BCUT2D eigenvalue weighted by Gasteiger charge is -1.92. The molecule has 1 N–H and O–H groups in total. The van der Waals surface area contributed by atoms with E-state index in [0.29, 0.717) is 20.5 Å². The van der Waals surface area contributed by atoms with Gasteiger partial charge in [-0.15, -0.1) is 0 Å². The fourth-order valence-corrected chi connectivity index (χ4v) is 1.51. The number of hydrogen-bond acceptors (Lipinski definition) is 1. The zero-order chi connectivity index (χ0) is 8.72. The number of rotatable bonds is 0. The van der Waals surface area contributed by atoms with Gasteiger partial charge in [-0.1, -0.05) is 11.6 Å². The number of nitrogens with zero attached hydrogens (tertiary/aromatic N) is 1. The van der Waals surface area contributed by atoms with E-state index in [4.69, 9.17) is 11.6 Å². The molecule has 2 aromatic rings. The van der Waals surface area contributed by atoms with E-state index < -0.39 is 0 Å². The Bertz CT molecular complexity index is 440. The Kier molecular flexibility index (Phi) is 1.81. The number of nitrogens with one attached hydrogen (secondary N) is 1. The van der Waals surface area contributed by atoms with Gasteiger partial charge in [0.2, 0.25) is 0 Å². The van der Waals surface area contributed by atoms with Crippen molar-refractivity contribution in [3.05, 3.63) is 27.6 Å². The highest BCUT2D eigenvalue weighted by molar-refractivity contribution is 9.10. The molecule has 0 amide bonds. The summed E-state index contributed by atoms with van der Waals surface area (Å²) in [7, 11) is 0. The largest absolute Gasteiger partial charge is 0.266 e. The van der Waals surface area contributed by atoms with Gasteiger partial charge in [0.25, 0.3) is 0 Å². The molecule has 1 heterocycles. The summed E-state index contributed by atoms with van der Waals surface area (Å²) in [6.45, 7) is 0. The molecule has 0 radical (unpaired) electrons. The molecule has 0 aliphatic carbocycles.